The Labute approximate surface area is 187 Å². The average molecular weight is 449 g/mol. The van der Waals surface area contributed by atoms with Crippen LogP contribution in [-0.4, -0.2) is 70.0 Å². The zero-order valence-corrected chi connectivity index (χ0v) is 18.4. The van der Waals surface area contributed by atoms with E-state index < -0.39 is 42.5 Å². The summed E-state index contributed by atoms with van der Waals surface area (Å²) in [5.74, 6) is -2.67. The molecule has 4 unspecified atom stereocenters. The molecule has 6 N–H and O–H groups in total. The van der Waals surface area contributed by atoms with Crippen LogP contribution in [0.4, 0.5) is 0 Å². The van der Waals surface area contributed by atoms with Gasteiger partial charge >= 0.3 is 5.97 Å². The molecular formula is C22H32N4O6. The lowest BCUT2D eigenvalue weighted by molar-refractivity contribution is -0.141. The van der Waals surface area contributed by atoms with E-state index in [1.807, 2.05) is 6.92 Å². The van der Waals surface area contributed by atoms with Gasteiger partial charge in [-0.3, -0.25) is 19.2 Å². The Morgan fingerprint density at radius 1 is 1.22 bits per heavy atom. The van der Waals surface area contributed by atoms with Crippen molar-refractivity contribution in [2.45, 2.75) is 57.7 Å². The number of carbonyl (C=O) groups is 4. The zero-order valence-electron chi connectivity index (χ0n) is 18.4. The summed E-state index contributed by atoms with van der Waals surface area (Å²) in [4.78, 5) is 50.6. The highest BCUT2D eigenvalue weighted by Crippen LogP contribution is 2.20. The highest BCUT2D eigenvalue weighted by Gasteiger charge is 2.38. The Hall–Kier alpha value is -3.14. The number of nitrogens with zero attached hydrogens (tertiary/aromatic N) is 1. The molecule has 10 nitrogen and oxygen atoms in total. The van der Waals surface area contributed by atoms with E-state index in [-0.39, 0.29) is 24.0 Å². The fourth-order valence-corrected chi connectivity index (χ4v) is 3.71. The molecule has 0 aromatic heterocycles. The molecular weight excluding hydrogens is 416 g/mol. The minimum Gasteiger partial charge on any atom is -0.508 e. The van der Waals surface area contributed by atoms with Gasteiger partial charge in [0.2, 0.25) is 17.7 Å². The average Bonchev–Trinajstić information content (AvgIpc) is 3.26. The predicted octanol–water partition coefficient (Wildman–Crippen LogP) is -0.0153. The number of phenolic OH excluding ortho intramolecular Hbond substituents is 1. The molecule has 1 saturated heterocycles. The highest BCUT2D eigenvalue weighted by molar-refractivity contribution is 5.94. The van der Waals surface area contributed by atoms with Crippen molar-refractivity contribution in [3.63, 3.8) is 0 Å². The lowest BCUT2D eigenvalue weighted by Gasteiger charge is -2.29. The fraction of sp³-hybridized carbons (Fsp3) is 0.545. The second kappa shape index (κ2) is 11.5. The Bertz CT molecular complexity index is 828. The molecule has 0 radical (unpaired) electrons. The van der Waals surface area contributed by atoms with Gasteiger partial charge < -0.3 is 31.5 Å². The van der Waals surface area contributed by atoms with Crippen molar-refractivity contribution < 1.29 is 29.4 Å². The Morgan fingerprint density at radius 3 is 2.47 bits per heavy atom. The molecule has 10 heteroatoms. The molecule has 2 rings (SSSR count). The lowest BCUT2D eigenvalue weighted by atomic mass is 9.97. The molecule has 1 aromatic carbocycles. The van der Waals surface area contributed by atoms with E-state index in [1.54, 1.807) is 19.1 Å². The number of hydrogen-bond acceptors (Lipinski definition) is 6. The molecule has 1 fully saturated rings. The van der Waals surface area contributed by atoms with E-state index in [1.165, 1.54) is 17.0 Å². The third-order valence-electron chi connectivity index (χ3n) is 5.75. The maximum atomic E-state index is 13.0. The normalized spacial score (nSPS) is 18.5. The summed E-state index contributed by atoms with van der Waals surface area (Å²) in [7, 11) is 0. The van der Waals surface area contributed by atoms with Crippen LogP contribution >= 0.6 is 0 Å². The van der Waals surface area contributed by atoms with Crippen molar-refractivity contribution >= 4 is 23.7 Å². The van der Waals surface area contributed by atoms with Gasteiger partial charge in [-0.1, -0.05) is 32.4 Å². The maximum Gasteiger partial charge on any atom is 0.322 e. The number of nitrogens with two attached hydrogens (primary N) is 1. The third kappa shape index (κ3) is 6.68. The van der Waals surface area contributed by atoms with Gasteiger partial charge in [0.05, 0.1) is 6.04 Å². The first kappa shape index (κ1) is 25.1. The van der Waals surface area contributed by atoms with Gasteiger partial charge in [-0.05, 0) is 42.9 Å². The van der Waals surface area contributed by atoms with Crippen LogP contribution in [0.3, 0.4) is 0 Å². The van der Waals surface area contributed by atoms with Crippen LogP contribution in [-0.2, 0) is 25.6 Å². The number of benzene rings is 1. The first-order valence-corrected chi connectivity index (χ1v) is 10.8. The van der Waals surface area contributed by atoms with Gasteiger partial charge in [0.15, 0.2) is 0 Å². The van der Waals surface area contributed by atoms with Gasteiger partial charge in [-0.15, -0.1) is 0 Å². The van der Waals surface area contributed by atoms with Crippen LogP contribution in [0.15, 0.2) is 24.3 Å². The number of amides is 3. The highest BCUT2D eigenvalue weighted by atomic mass is 16.4. The number of rotatable bonds is 10. The smallest absolute Gasteiger partial charge is 0.322 e. The summed E-state index contributed by atoms with van der Waals surface area (Å²) >= 11 is 0. The molecule has 1 heterocycles. The van der Waals surface area contributed by atoms with Crippen LogP contribution in [0.2, 0.25) is 0 Å². The van der Waals surface area contributed by atoms with Crippen LogP contribution < -0.4 is 16.4 Å². The molecule has 1 aliphatic rings. The molecule has 4 atom stereocenters. The van der Waals surface area contributed by atoms with Crippen molar-refractivity contribution in [2.24, 2.45) is 11.7 Å². The van der Waals surface area contributed by atoms with Crippen molar-refractivity contribution in [1.82, 2.24) is 15.5 Å². The Kier molecular flexibility index (Phi) is 9.01. The molecule has 1 aliphatic heterocycles. The zero-order chi connectivity index (χ0) is 23.8. The van der Waals surface area contributed by atoms with Gasteiger partial charge in [0.1, 0.15) is 24.4 Å². The third-order valence-corrected chi connectivity index (χ3v) is 5.75. The van der Waals surface area contributed by atoms with E-state index in [0.717, 1.165) is 5.56 Å². The molecule has 0 spiro atoms. The minimum atomic E-state index is -1.18. The summed E-state index contributed by atoms with van der Waals surface area (Å²) < 4.78 is 0. The van der Waals surface area contributed by atoms with E-state index in [0.29, 0.717) is 25.8 Å². The molecule has 0 aliphatic carbocycles. The van der Waals surface area contributed by atoms with Crippen molar-refractivity contribution in [3.8, 4) is 5.75 Å². The van der Waals surface area contributed by atoms with E-state index in [9.17, 15) is 24.3 Å². The molecule has 3 amide bonds. The molecule has 32 heavy (non-hydrogen) atoms. The number of phenols is 1. The largest absolute Gasteiger partial charge is 0.508 e. The number of nitrogens with one attached hydrogen (secondary N) is 2. The number of hydrogen-bond donors (Lipinski definition) is 5. The van der Waals surface area contributed by atoms with Gasteiger partial charge in [-0.2, -0.15) is 0 Å². The molecule has 0 saturated carbocycles. The van der Waals surface area contributed by atoms with Crippen molar-refractivity contribution in [2.75, 3.05) is 13.1 Å². The van der Waals surface area contributed by atoms with Crippen LogP contribution in [0.1, 0.15) is 38.7 Å². The number of likely N-dealkylation sites (tertiary alicyclic amines) is 1. The van der Waals surface area contributed by atoms with Crippen LogP contribution in [0.25, 0.3) is 0 Å². The first-order chi connectivity index (χ1) is 15.1. The number of carbonyl (C=O) groups excluding carboxylic acids is 3. The fourth-order valence-electron chi connectivity index (χ4n) is 3.71. The van der Waals surface area contributed by atoms with E-state index in [2.05, 4.69) is 10.6 Å². The summed E-state index contributed by atoms with van der Waals surface area (Å²) in [6.07, 6.45) is 1.94. The van der Waals surface area contributed by atoms with E-state index >= 15 is 0 Å². The molecule has 176 valence electrons. The molecule has 1 aromatic rings. The van der Waals surface area contributed by atoms with Gasteiger partial charge in [0.25, 0.3) is 0 Å². The van der Waals surface area contributed by atoms with E-state index in [4.69, 9.17) is 10.8 Å². The predicted molar refractivity (Wildman–Crippen MR) is 117 cm³/mol. The summed E-state index contributed by atoms with van der Waals surface area (Å²) in [5.41, 5.74) is 6.90. The summed E-state index contributed by atoms with van der Waals surface area (Å²) in [5, 5.41) is 23.2. The lowest BCUT2D eigenvalue weighted by Crippen LogP contribution is -2.57. The number of carboxylic acid groups (broad SMARTS) is 1. The second-order valence-electron chi connectivity index (χ2n) is 8.15. The standard InChI is InChI=1S/C22H32N4O6/c1-3-13(2)19(21(31)24-12-18(28)29)25-20(30)17-5-4-10-26(17)22(32)16(23)11-14-6-8-15(27)9-7-14/h6-9,13,16-17,19,27H,3-5,10-12,23H2,1-2H3,(H,24,31)(H,25,30)(H,28,29). The quantitative estimate of drug-likeness (QED) is 0.336. The van der Waals surface area contributed by atoms with Gasteiger partial charge in [-0.25, -0.2) is 0 Å². The number of aliphatic carboxylic acids is 1. The van der Waals surface area contributed by atoms with Crippen molar-refractivity contribution in [3.05, 3.63) is 29.8 Å². The second-order valence-corrected chi connectivity index (χ2v) is 8.15. The van der Waals surface area contributed by atoms with Crippen LogP contribution in [0, 0.1) is 5.92 Å². The Balaban J connectivity index is 2.05. The van der Waals surface area contributed by atoms with Crippen molar-refractivity contribution in [1.29, 1.82) is 0 Å². The summed E-state index contributed by atoms with van der Waals surface area (Å²) in [6, 6.07) is 3.90. The van der Waals surface area contributed by atoms with Crippen LogP contribution in [0.5, 0.6) is 5.75 Å². The topological polar surface area (TPSA) is 162 Å². The minimum absolute atomic E-state index is 0.119. The molecule has 0 bridgehead atoms. The maximum absolute atomic E-state index is 13.0. The monoisotopic (exact) mass is 448 g/mol. The number of carboxylic acids is 1. The SMILES string of the molecule is CCC(C)C(NC(=O)C1CCCN1C(=O)C(N)Cc1ccc(O)cc1)C(=O)NCC(=O)O. The first-order valence-electron chi connectivity index (χ1n) is 10.8. The Morgan fingerprint density at radius 2 is 1.88 bits per heavy atom. The number of aromatic hydroxyl groups is 1. The van der Waals surface area contributed by atoms with Gasteiger partial charge in [0, 0.05) is 6.54 Å². The summed E-state index contributed by atoms with van der Waals surface area (Å²) in [6.45, 7) is 3.50.